The van der Waals surface area contributed by atoms with Crippen molar-refractivity contribution in [3.8, 4) is 5.75 Å². The lowest BCUT2D eigenvalue weighted by Crippen LogP contribution is -2.45. The molecule has 32 heavy (non-hydrogen) atoms. The Bertz CT molecular complexity index is 1150. The number of benzene rings is 3. The zero-order chi connectivity index (χ0) is 22.7. The minimum atomic E-state index is -0.207. The van der Waals surface area contributed by atoms with Gasteiger partial charge < -0.3 is 14.5 Å². The van der Waals surface area contributed by atoms with Crippen LogP contribution < -0.4 is 4.74 Å². The second-order valence-corrected chi connectivity index (χ2v) is 8.71. The number of likely N-dealkylation sites (tertiary alicyclic amines) is 1. The summed E-state index contributed by atoms with van der Waals surface area (Å²) in [4.78, 5) is 30.1. The van der Waals surface area contributed by atoms with E-state index in [4.69, 9.17) is 16.3 Å². The van der Waals surface area contributed by atoms with Crippen molar-refractivity contribution in [3.05, 3.63) is 76.8 Å². The summed E-state index contributed by atoms with van der Waals surface area (Å²) in [5, 5.41) is 2.43. The molecule has 0 spiro atoms. The lowest BCUT2D eigenvalue weighted by Gasteiger charge is -2.34. The number of nitrogens with zero attached hydrogens (tertiary/aromatic N) is 2. The monoisotopic (exact) mass is 450 g/mol. The van der Waals surface area contributed by atoms with Crippen LogP contribution in [0.1, 0.15) is 28.8 Å². The molecule has 0 N–H and O–H groups in total. The van der Waals surface area contributed by atoms with Gasteiger partial charge in [-0.3, -0.25) is 9.59 Å². The van der Waals surface area contributed by atoms with E-state index >= 15 is 0 Å². The molecule has 1 saturated heterocycles. The molecule has 0 bridgehead atoms. The largest absolute Gasteiger partial charge is 0.496 e. The van der Waals surface area contributed by atoms with Gasteiger partial charge in [-0.2, -0.15) is 0 Å². The maximum absolute atomic E-state index is 13.4. The molecule has 1 fully saturated rings. The van der Waals surface area contributed by atoms with Crippen LogP contribution in [0.2, 0.25) is 5.02 Å². The molecule has 0 aliphatic carbocycles. The third kappa shape index (κ3) is 4.58. The minimum Gasteiger partial charge on any atom is -0.496 e. The maximum Gasteiger partial charge on any atom is 0.254 e. The van der Waals surface area contributed by atoms with Gasteiger partial charge in [-0.15, -0.1) is 0 Å². The molecule has 2 amide bonds. The average molecular weight is 451 g/mol. The van der Waals surface area contributed by atoms with Crippen LogP contribution in [0.5, 0.6) is 5.75 Å². The van der Waals surface area contributed by atoms with Gasteiger partial charge in [0.1, 0.15) is 5.75 Å². The number of hydrogen-bond donors (Lipinski definition) is 0. The number of fused-ring (bicyclic) bond motifs is 1. The normalized spacial score (nSPS) is 16.1. The first-order valence-corrected chi connectivity index (χ1v) is 11.2. The minimum absolute atomic E-state index is 0.0427. The summed E-state index contributed by atoms with van der Waals surface area (Å²) < 4.78 is 5.46. The highest BCUT2D eigenvalue weighted by molar-refractivity contribution is 6.30. The summed E-state index contributed by atoms with van der Waals surface area (Å²) in [5.41, 5.74) is 1.63. The molecular weight excluding hydrogens is 424 g/mol. The molecule has 6 heteroatoms. The van der Waals surface area contributed by atoms with E-state index < -0.39 is 0 Å². The van der Waals surface area contributed by atoms with E-state index in [0.717, 1.165) is 34.9 Å². The van der Waals surface area contributed by atoms with Crippen LogP contribution in [0.3, 0.4) is 0 Å². The van der Waals surface area contributed by atoms with Gasteiger partial charge in [-0.05, 0) is 48.1 Å². The summed E-state index contributed by atoms with van der Waals surface area (Å²) >= 11 is 6.07. The standard InChI is InChI=1S/C26H27ClN2O3/c1-28(16-18-7-5-9-20(27)15-18)25(30)19-8-6-14-29(17-19)26(31)23-12-13-24(32-2)22-11-4-3-10-21(22)23/h3-5,7,9-13,15,19H,6,8,14,16-17H2,1-2H3. The Morgan fingerprint density at radius 3 is 2.62 bits per heavy atom. The molecule has 4 rings (SSSR count). The Morgan fingerprint density at radius 1 is 1.09 bits per heavy atom. The van der Waals surface area contributed by atoms with Crippen molar-refractivity contribution in [1.29, 1.82) is 0 Å². The van der Waals surface area contributed by atoms with E-state index in [1.54, 1.807) is 19.1 Å². The highest BCUT2D eigenvalue weighted by Gasteiger charge is 2.31. The second-order valence-electron chi connectivity index (χ2n) is 8.28. The van der Waals surface area contributed by atoms with Gasteiger partial charge in [0.25, 0.3) is 5.91 Å². The smallest absolute Gasteiger partial charge is 0.254 e. The van der Waals surface area contributed by atoms with Gasteiger partial charge in [-0.1, -0.05) is 48.0 Å². The molecule has 1 aliphatic rings. The lowest BCUT2D eigenvalue weighted by atomic mass is 9.95. The predicted molar refractivity (Wildman–Crippen MR) is 127 cm³/mol. The first kappa shape index (κ1) is 22.2. The highest BCUT2D eigenvalue weighted by atomic mass is 35.5. The SMILES string of the molecule is COc1ccc(C(=O)N2CCCC(C(=O)N(C)Cc3cccc(Cl)c3)C2)c2ccccc12. The third-order valence-electron chi connectivity index (χ3n) is 6.08. The lowest BCUT2D eigenvalue weighted by molar-refractivity contribution is -0.136. The van der Waals surface area contributed by atoms with Gasteiger partial charge >= 0.3 is 0 Å². The molecule has 3 aromatic carbocycles. The fourth-order valence-corrected chi connectivity index (χ4v) is 4.68. The van der Waals surface area contributed by atoms with Crippen molar-refractivity contribution in [3.63, 3.8) is 0 Å². The summed E-state index contributed by atoms with van der Waals surface area (Å²) in [5.74, 6) is 0.550. The number of rotatable bonds is 5. The van der Waals surface area contributed by atoms with Crippen molar-refractivity contribution in [2.45, 2.75) is 19.4 Å². The van der Waals surface area contributed by atoms with Gasteiger partial charge in [0.05, 0.1) is 13.0 Å². The Kier molecular flexibility index (Phi) is 6.66. The molecular formula is C26H27ClN2O3. The zero-order valence-corrected chi connectivity index (χ0v) is 19.1. The zero-order valence-electron chi connectivity index (χ0n) is 18.4. The number of carbonyl (C=O) groups is 2. The Hall–Kier alpha value is -3.05. The summed E-state index contributed by atoms with van der Waals surface area (Å²) in [6, 6.07) is 18.9. The van der Waals surface area contributed by atoms with Crippen LogP contribution >= 0.6 is 11.6 Å². The third-order valence-corrected chi connectivity index (χ3v) is 6.31. The Labute approximate surface area is 193 Å². The van der Waals surface area contributed by atoms with E-state index in [-0.39, 0.29) is 17.7 Å². The quantitative estimate of drug-likeness (QED) is 0.548. The van der Waals surface area contributed by atoms with Crippen molar-refractivity contribution in [2.24, 2.45) is 5.92 Å². The van der Waals surface area contributed by atoms with Crippen LogP contribution in [0.15, 0.2) is 60.7 Å². The number of halogens is 1. The van der Waals surface area contributed by atoms with Gasteiger partial charge in [0.2, 0.25) is 5.91 Å². The number of piperidine rings is 1. The van der Waals surface area contributed by atoms with Crippen molar-refractivity contribution in [1.82, 2.24) is 9.80 Å². The Morgan fingerprint density at radius 2 is 1.88 bits per heavy atom. The van der Waals surface area contributed by atoms with Crippen molar-refractivity contribution in [2.75, 3.05) is 27.2 Å². The Balaban J connectivity index is 1.50. The average Bonchev–Trinajstić information content (AvgIpc) is 2.82. The molecule has 0 aromatic heterocycles. The number of hydrogen-bond acceptors (Lipinski definition) is 3. The van der Waals surface area contributed by atoms with Crippen LogP contribution in [-0.4, -0.2) is 48.9 Å². The maximum atomic E-state index is 13.4. The van der Waals surface area contributed by atoms with Crippen LogP contribution in [0.4, 0.5) is 0 Å². The van der Waals surface area contributed by atoms with Crippen LogP contribution in [0, 0.1) is 5.92 Å². The van der Waals surface area contributed by atoms with Crippen LogP contribution in [-0.2, 0) is 11.3 Å². The molecule has 1 unspecified atom stereocenters. The molecule has 0 saturated carbocycles. The van der Waals surface area contributed by atoms with Gasteiger partial charge in [-0.25, -0.2) is 0 Å². The summed E-state index contributed by atoms with van der Waals surface area (Å²) in [6.07, 6.45) is 1.59. The van der Waals surface area contributed by atoms with E-state index in [0.29, 0.717) is 30.2 Å². The second kappa shape index (κ2) is 9.61. The van der Waals surface area contributed by atoms with Crippen molar-refractivity contribution >= 4 is 34.2 Å². The van der Waals surface area contributed by atoms with Gasteiger partial charge in [0.15, 0.2) is 0 Å². The molecule has 166 valence electrons. The van der Waals surface area contributed by atoms with Gasteiger partial charge in [0, 0.05) is 42.7 Å². The number of carbonyl (C=O) groups excluding carboxylic acids is 2. The predicted octanol–water partition coefficient (Wildman–Crippen LogP) is 5.01. The number of methoxy groups -OCH3 is 1. The molecule has 1 heterocycles. The number of ether oxygens (including phenoxy) is 1. The first-order valence-electron chi connectivity index (χ1n) is 10.8. The molecule has 1 aliphatic heterocycles. The molecule has 1 atom stereocenters. The topological polar surface area (TPSA) is 49.9 Å². The molecule has 5 nitrogen and oxygen atoms in total. The van der Waals surface area contributed by atoms with Crippen LogP contribution in [0.25, 0.3) is 10.8 Å². The number of amides is 2. The van der Waals surface area contributed by atoms with E-state index in [2.05, 4.69) is 0 Å². The first-order chi connectivity index (χ1) is 15.5. The van der Waals surface area contributed by atoms with Crippen molar-refractivity contribution < 1.29 is 14.3 Å². The summed E-state index contributed by atoms with van der Waals surface area (Å²) in [6.45, 7) is 1.58. The fraction of sp³-hybridized carbons (Fsp3) is 0.308. The van der Waals surface area contributed by atoms with E-state index in [1.807, 2.05) is 65.6 Å². The highest BCUT2D eigenvalue weighted by Crippen LogP contribution is 2.30. The molecule has 0 radical (unpaired) electrons. The van der Waals surface area contributed by atoms with E-state index in [1.165, 1.54) is 0 Å². The summed E-state index contributed by atoms with van der Waals surface area (Å²) in [7, 11) is 3.44. The van der Waals surface area contributed by atoms with E-state index in [9.17, 15) is 9.59 Å². The fourth-order valence-electron chi connectivity index (χ4n) is 4.47. The molecule has 3 aromatic rings.